The third kappa shape index (κ3) is 2.69. The molecule has 1 aromatic heterocycles. The first kappa shape index (κ1) is 12.6. The van der Waals surface area contributed by atoms with Gasteiger partial charge in [0.1, 0.15) is 0 Å². The minimum absolute atomic E-state index is 0.0304. The lowest BCUT2D eigenvalue weighted by atomic mass is 9.91. The third-order valence-electron chi connectivity index (χ3n) is 3.47. The van der Waals surface area contributed by atoms with E-state index in [9.17, 15) is 0 Å². The van der Waals surface area contributed by atoms with Crippen LogP contribution in [0.4, 0.5) is 0 Å². The Bertz CT molecular complexity index is 377. The zero-order chi connectivity index (χ0) is 12.6. The Morgan fingerprint density at radius 2 is 2.12 bits per heavy atom. The number of rotatable bonds is 1. The van der Waals surface area contributed by atoms with E-state index >= 15 is 0 Å². The molecular formula is C13H24N4. The summed E-state index contributed by atoms with van der Waals surface area (Å²) in [5.74, 6) is 0. The number of hydrogen-bond acceptors (Lipinski definition) is 3. The van der Waals surface area contributed by atoms with E-state index in [0.717, 1.165) is 12.8 Å². The molecular weight excluding hydrogens is 212 g/mol. The van der Waals surface area contributed by atoms with Gasteiger partial charge in [0.15, 0.2) is 0 Å². The maximum atomic E-state index is 6.19. The van der Waals surface area contributed by atoms with E-state index in [2.05, 4.69) is 44.3 Å². The summed E-state index contributed by atoms with van der Waals surface area (Å²) in [6.45, 7) is 8.68. The molecule has 4 heteroatoms. The van der Waals surface area contributed by atoms with Crippen molar-refractivity contribution in [1.82, 2.24) is 15.1 Å². The number of nitrogens with two attached hydrogens (primary N) is 1. The van der Waals surface area contributed by atoms with Gasteiger partial charge in [0.25, 0.3) is 0 Å². The second-order valence-electron chi connectivity index (χ2n) is 6.18. The fourth-order valence-electron chi connectivity index (χ4n) is 2.33. The lowest BCUT2D eigenvalue weighted by Crippen LogP contribution is -2.46. The fourth-order valence-corrected chi connectivity index (χ4v) is 2.33. The summed E-state index contributed by atoms with van der Waals surface area (Å²) in [5.41, 5.74) is 7.43. The van der Waals surface area contributed by atoms with Crippen LogP contribution in [0.3, 0.4) is 0 Å². The second-order valence-corrected chi connectivity index (χ2v) is 6.18. The van der Waals surface area contributed by atoms with Crippen LogP contribution in [0.2, 0.25) is 0 Å². The highest BCUT2D eigenvalue weighted by Gasteiger charge is 2.28. The standard InChI is InChI=1S/C13H24N4/c1-9-5-6-11(14)12(16-9)10-7-15-17(8-10)13(2,3)4/h7-9,11-12,16H,5-6,14H2,1-4H3. The van der Waals surface area contributed by atoms with Crippen LogP contribution >= 0.6 is 0 Å². The lowest BCUT2D eigenvalue weighted by molar-refractivity contribution is 0.300. The molecule has 0 spiro atoms. The van der Waals surface area contributed by atoms with Crippen LogP contribution in [-0.2, 0) is 5.54 Å². The number of nitrogens with zero attached hydrogens (tertiary/aromatic N) is 2. The quantitative estimate of drug-likeness (QED) is 0.781. The van der Waals surface area contributed by atoms with E-state index < -0.39 is 0 Å². The van der Waals surface area contributed by atoms with E-state index in [1.807, 2.05) is 10.9 Å². The molecule has 2 heterocycles. The summed E-state index contributed by atoms with van der Waals surface area (Å²) in [6, 6.07) is 0.983. The van der Waals surface area contributed by atoms with Gasteiger partial charge in [-0.15, -0.1) is 0 Å². The van der Waals surface area contributed by atoms with Gasteiger partial charge >= 0.3 is 0 Å². The summed E-state index contributed by atoms with van der Waals surface area (Å²) in [6.07, 6.45) is 6.31. The molecule has 0 bridgehead atoms. The summed E-state index contributed by atoms with van der Waals surface area (Å²) >= 11 is 0. The van der Waals surface area contributed by atoms with Gasteiger partial charge in [0, 0.05) is 23.8 Å². The van der Waals surface area contributed by atoms with Gasteiger partial charge in [0.05, 0.1) is 17.8 Å². The van der Waals surface area contributed by atoms with Crippen LogP contribution in [0.1, 0.15) is 52.1 Å². The fraction of sp³-hybridized carbons (Fsp3) is 0.769. The maximum Gasteiger partial charge on any atom is 0.0543 e. The summed E-state index contributed by atoms with van der Waals surface area (Å²) in [7, 11) is 0. The Hall–Kier alpha value is -0.870. The largest absolute Gasteiger partial charge is 0.326 e. The first-order valence-electron chi connectivity index (χ1n) is 6.44. The van der Waals surface area contributed by atoms with E-state index in [1.54, 1.807) is 0 Å². The average Bonchev–Trinajstić information content (AvgIpc) is 2.70. The van der Waals surface area contributed by atoms with Crippen molar-refractivity contribution >= 4 is 0 Å². The van der Waals surface area contributed by atoms with Crippen LogP contribution in [0, 0.1) is 0 Å². The Balaban J connectivity index is 2.19. The molecule has 1 aromatic rings. The third-order valence-corrected chi connectivity index (χ3v) is 3.47. The zero-order valence-electron chi connectivity index (χ0n) is 11.3. The van der Waals surface area contributed by atoms with Crippen molar-refractivity contribution in [1.29, 1.82) is 0 Å². The van der Waals surface area contributed by atoms with Crippen LogP contribution in [0.5, 0.6) is 0 Å². The van der Waals surface area contributed by atoms with Gasteiger partial charge in [-0.3, -0.25) is 4.68 Å². The second kappa shape index (κ2) is 4.42. The average molecular weight is 236 g/mol. The Labute approximate surface area is 104 Å². The molecule has 0 amide bonds. The monoisotopic (exact) mass is 236 g/mol. The summed E-state index contributed by atoms with van der Waals surface area (Å²) in [4.78, 5) is 0. The molecule has 1 fully saturated rings. The number of piperidine rings is 1. The van der Waals surface area contributed by atoms with Gasteiger partial charge < -0.3 is 11.1 Å². The molecule has 1 saturated heterocycles. The smallest absolute Gasteiger partial charge is 0.0543 e. The van der Waals surface area contributed by atoms with Crippen LogP contribution < -0.4 is 11.1 Å². The molecule has 0 aliphatic carbocycles. The Morgan fingerprint density at radius 3 is 2.71 bits per heavy atom. The molecule has 3 atom stereocenters. The van der Waals surface area contributed by atoms with Gasteiger partial charge in [-0.2, -0.15) is 5.10 Å². The highest BCUT2D eigenvalue weighted by atomic mass is 15.3. The Morgan fingerprint density at radius 1 is 1.41 bits per heavy atom. The number of aromatic nitrogens is 2. The van der Waals surface area contributed by atoms with E-state index in [1.165, 1.54) is 5.56 Å². The minimum Gasteiger partial charge on any atom is -0.326 e. The first-order valence-corrected chi connectivity index (χ1v) is 6.44. The maximum absolute atomic E-state index is 6.19. The van der Waals surface area contributed by atoms with Gasteiger partial charge in [0.2, 0.25) is 0 Å². The SMILES string of the molecule is CC1CCC(N)C(c2cnn(C(C)(C)C)c2)N1. The van der Waals surface area contributed by atoms with E-state index in [-0.39, 0.29) is 17.6 Å². The predicted molar refractivity (Wildman–Crippen MR) is 69.8 cm³/mol. The molecule has 96 valence electrons. The zero-order valence-corrected chi connectivity index (χ0v) is 11.3. The molecule has 3 N–H and O–H groups in total. The molecule has 4 nitrogen and oxygen atoms in total. The van der Waals surface area contributed by atoms with Crippen molar-refractivity contribution in [2.24, 2.45) is 5.73 Å². The van der Waals surface area contributed by atoms with Crippen molar-refractivity contribution in [2.45, 2.75) is 64.2 Å². The van der Waals surface area contributed by atoms with E-state index in [0.29, 0.717) is 6.04 Å². The Kier molecular flexibility index (Phi) is 3.27. The van der Waals surface area contributed by atoms with Crippen molar-refractivity contribution in [2.75, 3.05) is 0 Å². The van der Waals surface area contributed by atoms with Crippen molar-refractivity contribution < 1.29 is 0 Å². The number of hydrogen-bond donors (Lipinski definition) is 2. The molecule has 2 rings (SSSR count). The summed E-state index contributed by atoms with van der Waals surface area (Å²) in [5, 5.41) is 8.01. The minimum atomic E-state index is 0.0304. The van der Waals surface area contributed by atoms with Crippen LogP contribution in [-0.4, -0.2) is 21.9 Å². The molecule has 0 saturated carbocycles. The highest BCUT2D eigenvalue weighted by Crippen LogP contribution is 2.25. The van der Waals surface area contributed by atoms with Gasteiger partial charge in [-0.1, -0.05) is 0 Å². The topological polar surface area (TPSA) is 55.9 Å². The van der Waals surface area contributed by atoms with Crippen LogP contribution in [0.15, 0.2) is 12.4 Å². The molecule has 1 aliphatic rings. The molecule has 1 aliphatic heterocycles. The molecule has 0 radical (unpaired) electrons. The van der Waals surface area contributed by atoms with Crippen LogP contribution in [0.25, 0.3) is 0 Å². The molecule has 3 unspecified atom stereocenters. The molecule has 0 aromatic carbocycles. The van der Waals surface area contributed by atoms with Crippen molar-refractivity contribution in [3.05, 3.63) is 18.0 Å². The normalized spacial score (nSPS) is 30.5. The molecule has 17 heavy (non-hydrogen) atoms. The first-order chi connectivity index (χ1) is 7.88. The lowest BCUT2D eigenvalue weighted by Gasteiger charge is -2.33. The predicted octanol–water partition coefficient (Wildman–Crippen LogP) is 1.78. The van der Waals surface area contributed by atoms with Crippen molar-refractivity contribution in [3.8, 4) is 0 Å². The number of nitrogens with one attached hydrogen (secondary N) is 1. The van der Waals surface area contributed by atoms with Gasteiger partial charge in [-0.25, -0.2) is 0 Å². The van der Waals surface area contributed by atoms with Gasteiger partial charge in [-0.05, 0) is 40.5 Å². The van der Waals surface area contributed by atoms with E-state index in [4.69, 9.17) is 5.73 Å². The highest BCUT2D eigenvalue weighted by molar-refractivity contribution is 5.15. The van der Waals surface area contributed by atoms with Crippen molar-refractivity contribution in [3.63, 3.8) is 0 Å². The summed E-state index contributed by atoms with van der Waals surface area (Å²) < 4.78 is 2.01.